The van der Waals surface area contributed by atoms with E-state index in [0.29, 0.717) is 6.54 Å². The predicted molar refractivity (Wildman–Crippen MR) is 126 cm³/mol. The molecule has 0 aliphatic carbocycles. The number of nitrogens with zero attached hydrogens (tertiary/aromatic N) is 6. The van der Waals surface area contributed by atoms with Crippen molar-refractivity contribution in [1.29, 1.82) is 0 Å². The van der Waals surface area contributed by atoms with Crippen LogP contribution < -0.4 is 10.2 Å². The molecule has 4 rings (SSSR count). The van der Waals surface area contributed by atoms with Gasteiger partial charge in [-0.1, -0.05) is 6.42 Å². The van der Waals surface area contributed by atoms with Crippen LogP contribution in [-0.2, 0) is 19.5 Å². The van der Waals surface area contributed by atoms with E-state index in [1.54, 1.807) is 0 Å². The zero-order valence-electron chi connectivity index (χ0n) is 16.5. The number of hydrogen-bond acceptors (Lipinski definition) is 5. The molecule has 0 amide bonds. The van der Waals surface area contributed by atoms with E-state index >= 15 is 0 Å². The third-order valence-corrected chi connectivity index (χ3v) is 6.22. The summed E-state index contributed by atoms with van der Waals surface area (Å²) < 4.78 is 2.29. The fourth-order valence-electron chi connectivity index (χ4n) is 3.82. The minimum absolute atomic E-state index is 0. The SMILES string of the molecule is CCNC(=NCc1nnc2n1CCCCC2)N1CCN(c2cccs2)CC1.I. The van der Waals surface area contributed by atoms with Gasteiger partial charge in [-0.3, -0.25) is 0 Å². The Hall–Kier alpha value is -1.36. The normalized spacial score (nSPS) is 17.7. The molecule has 9 heteroatoms. The molecule has 0 saturated carbocycles. The Morgan fingerprint density at radius 1 is 1.14 bits per heavy atom. The number of anilines is 1. The number of hydrogen-bond donors (Lipinski definition) is 1. The summed E-state index contributed by atoms with van der Waals surface area (Å²) in [5, 5.41) is 15.8. The second-order valence-corrected chi connectivity index (χ2v) is 8.02. The molecule has 2 aliphatic heterocycles. The molecule has 0 spiro atoms. The second-order valence-electron chi connectivity index (χ2n) is 7.09. The fourth-order valence-corrected chi connectivity index (χ4v) is 4.61. The highest BCUT2D eigenvalue weighted by Gasteiger charge is 2.21. The van der Waals surface area contributed by atoms with Crippen LogP contribution in [0.3, 0.4) is 0 Å². The van der Waals surface area contributed by atoms with Gasteiger partial charge < -0.3 is 19.7 Å². The summed E-state index contributed by atoms with van der Waals surface area (Å²) in [6.07, 6.45) is 4.76. The highest BCUT2D eigenvalue weighted by molar-refractivity contribution is 14.0. The largest absolute Gasteiger partial charge is 0.360 e. The first-order chi connectivity index (χ1) is 13.3. The highest BCUT2D eigenvalue weighted by Crippen LogP contribution is 2.22. The van der Waals surface area contributed by atoms with Gasteiger partial charge in [-0.15, -0.1) is 45.5 Å². The monoisotopic (exact) mass is 515 g/mol. The van der Waals surface area contributed by atoms with Gasteiger partial charge in [0.1, 0.15) is 12.4 Å². The molecule has 154 valence electrons. The maximum atomic E-state index is 4.90. The lowest BCUT2D eigenvalue weighted by Crippen LogP contribution is -2.52. The number of halogens is 1. The van der Waals surface area contributed by atoms with E-state index < -0.39 is 0 Å². The number of fused-ring (bicyclic) bond motifs is 1. The lowest BCUT2D eigenvalue weighted by molar-refractivity contribution is 0.373. The number of rotatable bonds is 4. The molecule has 4 heterocycles. The zero-order chi connectivity index (χ0) is 18.5. The van der Waals surface area contributed by atoms with Crippen molar-refractivity contribution in [2.75, 3.05) is 37.6 Å². The van der Waals surface area contributed by atoms with Crippen LogP contribution in [0.2, 0.25) is 0 Å². The Morgan fingerprint density at radius 3 is 2.75 bits per heavy atom. The number of guanidine groups is 1. The average Bonchev–Trinajstić information content (AvgIpc) is 3.31. The van der Waals surface area contributed by atoms with Crippen molar-refractivity contribution in [3.8, 4) is 0 Å². The van der Waals surface area contributed by atoms with Gasteiger partial charge in [-0.25, -0.2) is 4.99 Å². The van der Waals surface area contributed by atoms with Crippen LogP contribution in [0.1, 0.15) is 37.8 Å². The van der Waals surface area contributed by atoms with Gasteiger partial charge in [-0.2, -0.15) is 0 Å². The Morgan fingerprint density at radius 2 is 2.00 bits per heavy atom. The van der Waals surface area contributed by atoms with Gasteiger partial charge in [-0.05, 0) is 37.3 Å². The first kappa shape index (κ1) is 21.4. The summed E-state index contributed by atoms with van der Waals surface area (Å²) in [5.41, 5.74) is 0. The number of thiophene rings is 1. The molecule has 0 atom stereocenters. The van der Waals surface area contributed by atoms with E-state index in [1.807, 2.05) is 11.3 Å². The number of aromatic nitrogens is 3. The van der Waals surface area contributed by atoms with Gasteiger partial charge in [0.15, 0.2) is 11.8 Å². The Labute approximate surface area is 188 Å². The van der Waals surface area contributed by atoms with Crippen LogP contribution >= 0.6 is 35.3 Å². The second kappa shape index (κ2) is 10.4. The maximum absolute atomic E-state index is 4.90. The topological polar surface area (TPSA) is 61.6 Å². The minimum Gasteiger partial charge on any atom is -0.360 e. The van der Waals surface area contributed by atoms with Crippen LogP contribution in [0.4, 0.5) is 5.00 Å². The van der Waals surface area contributed by atoms with Crippen LogP contribution in [0.5, 0.6) is 0 Å². The maximum Gasteiger partial charge on any atom is 0.194 e. The molecule has 1 N–H and O–H groups in total. The average molecular weight is 515 g/mol. The minimum atomic E-state index is 0. The number of nitrogens with one attached hydrogen (secondary N) is 1. The molecule has 0 aromatic carbocycles. The van der Waals surface area contributed by atoms with Crippen LogP contribution in [0, 0.1) is 0 Å². The van der Waals surface area contributed by atoms with E-state index in [1.165, 1.54) is 24.3 Å². The molecule has 28 heavy (non-hydrogen) atoms. The number of aliphatic imine (C=N–C) groups is 1. The molecule has 0 radical (unpaired) electrons. The van der Waals surface area contributed by atoms with Gasteiger partial charge in [0.25, 0.3) is 0 Å². The molecule has 2 aromatic rings. The van der Waals surface area contributed by atoms with Gasteiger partial charge >= 0.3 is 0 Å². The van der Waals surface area contributed by atoms with Crippen molar-refractivity contribution in [1.82, 2.24) is 25.0 Å². The van der Waals surface area contributed by atoms with Gasteiger partial charge in [0.2, 0.25) is 0 Å². The van der Waals surface area contributed by atoms with Crippen molar-refractivity contribution in [3.05, 3.63) is 29.2 Å². The Kier molecular flexibility index (Phi) is 7.95. The fraction of sp³-hybridized carbons (Fsp3) is 0.632. The van der Waals surface area contributed by atoms with E-state index in [9.17, 15) is 0 Å². The van der Waals surface area contributed by atoms with Gasteiger partial charge in [0, 0.05) is 45.7 Å². The highest BCUT2D eigenvalue weighted by atomic mass is 127. The van der Waals surface area contributed by atoms with Crippen molar-refractivity contribution in [2.45, 2.75) is 45.7 Å². The smallest absolute Gasteiger partial charge is 0.194 e. The molecule has 2 aromatic heterocycles. The molecule has 2 aliphatic rings. The van der Waals surface area contributed by atoms with E-state index in [0.717, 1.165) is 63.3 Å². The van der Waals surface area contributed by atoms with Crippen LogP contribution in [0.15, 0.2) is 22.5 Å². The summed E-state index contributed by atoms with van der Waals surface area (Å²) in [7, 11) is 0. The zero-order valence-corrected chi connectivity index (χ0v) is 19.7. The lowest BCUT2D eigenvalue weighted by Gasteiger charge is -2.37. The third-order valence-electron chi connectivity index (χ3n) is 5.29. The molecule has 7 nitrogen and oxygen atoms in total. The van der Waals surface area contributed by atoms with Crippen molar-refractivity contribution in [2.24, 2.45) is 4.99 Å². The lowest BCUT2D eigenvalue weighted by atomic mass is 10.2. The Balaban J connectivity index is 0.00000225. The molecule has 0 unspecified atom stereocenters. The summed E-state index contributed by atoms with van der Waals surface area (Å²) >= 11 is 1.82. The molecule has 1 saturated heterocycles. The van der Waals surface area contributed by atoms with Crippen molar-refractivity contribution in [3.63, 3.8) is 0 Å². The quantitative estimate of drug-likeness (QED) is 0.386. The molecular weight excluding hydrogens is 485 g/mol. The van der Waals surface area contributed by atoms with E-state index in [-0.39, 0.29) is 24.0 Å². The van der Waals surface area contributed by atoms with E-state index in [4.69, 9.17) is 4.99 Å². The molecular formula is C19H30IN7S. The standard InChI is InChI=1S/C19H29N7S.HI/c1-2-20-19(25-12-10-24(11-13-25)18-8-6-14-27-18)21-15-17-23-22-16-7-4-3-5-9-26(16)17;/h6,8,14H,2-5,7,9-13,15H2,1H3,(H,20,21);1H. The first-order valence-electron chi connectivity index (χ1n) is 10.1. The summed E-state index contributed by atoms with van der Waals surface area (Å²) in [6.45, 7) is 8.67. The van der Waals surface area contributed by atoms with Crippen LogP contribution in [0.25, 0.3) is 0 Å². The summed E-state index contributed by atoms with van der Waals surface area (Å²) in [6, 6.07) is 4.33. The van der Waals surface area contributed by atoms with E-state index in [2.05, 4.69) is 54.3 Å². The Bertz CT molecular complexity index is 750. The third kappa shape index (κ3) is 4.97. The summed E-state index contributed by atoms with van der Waals surface area (Å²) in [5.74, 6) is 3.13. The number of piperazine rings is 1. The first-order valence-corrected chi connectivity index (χ1v) is 11.0. The summed E-state index contributed by atoms with van der Waals surface area (Å²) in [4.78, 5) is 9.73. The molecule has 0 bridgehead atoms. The number of aryl methyl sites for hydroxylation is 1. The predicted octanol–water partition coefficient (Wildman–Crippen LogP) is 2.97. The van der Waals surface area contributed by atoms with Crippen molar-refractivity contribution < 1.29 is 0 Å². The molecule has 1 fully saturated rings. The van der Waals surface area contributed by atoms with Crippen molar-refractivity contribution >= 4 is 46.3 Å². The van der Waals surface area contributed by atoms with Gasteiger partial charge in [0.05, 0.1) is 5.00 Å². The van der Waals surface area contributed by atoms with Crippen LogP contribution in [-0.4, -0.2) is 58.3 Å².